The molecule has 90 valence electrons. The predicted molar refractivity (Wildman–Crippen MR) is 75.4 cm³/mol. The van der Waals surface area contributed by atoms with Gasteiger partial charge in [-0.2, -0.15) is 0 Å². The normalized spacial score (nSPS) is 12.6. The summed E-state index contributed by atoms with van der Waals surface area (Å²) in [4.78, 5) is 8.68. The quantitative estimate of drug-likeness (QED) is 0.857. The summed E-state index contributed by atoms with van der Waals surface area (Å²) in [7, 11) is 0. The molecule has 0 amide bonds. The summed E-state index contributed by atoms with van der Waals surface area (Å²) >= 11 is 3.33. The highest BCUT2D eigenvalue weighted by Crippen LogP contribution is 2.37. The van der Waals surface area contributed by atoms with Crippen LogP contribution >= 0.6 is 23.1 Å². The van der Waals surface area contributed by atoms with E-state index in [0.29, 0.717) is 5.25 Å². The molecule has 2 N–H and O–H groups in total. The molecular weight excluding hydrogens is 250 g/mol. The van der Waals surface area contributed by atoms with Crippen LogP contribution in [0, 0.1) is 0 Å². The molecule has 0 saturated heterocycles. The van der Waals surface area contributed by atoms with Gasteiger partial charge >= 0.3 is 0 Å². The first-order valence-electron chi connectivity index (χ1n) is 5.54. The van der Waals surface area contributed by atoms with Crippen LogP contribution in [-0.2, 0) is 0 Å². The van der Waals surface area contributed by atoms with Crippen LogP contribution in [0.4, 0.5) is 5.00 Å². The number of pyridine rings is 1. The molecule has 2 rings (SSSR count). The highest BCUT2D eigenvalue weighted by atomic mass is 32.2. The van der Waals surface area contributed by atoms with Crippen molar-refractivity contribution in [1.29, 1.82) is 0 Å². The smallest absolute Gasteiger partial charge is 0.152 e. The van der Waals surface area contributed by atoms with Crippen molar-refractivity contribution >= 4 is 28.1 Å². The van der Waals surface area contributed by atoms with Crippen molar-refractivity contribution in [2.24, 2.45) is 0 Å². The third-order valence-corrected chi connectivity index (χ3v) is 4.69. The van der Waals surface area contributed by atoms with Crippen LogP contribution in [-0.4, -0.2) is 15.2 Å². The highest BCUT2D eigenvalue weighted by Gasteiger charge is 2.12. The van der Waals surface area contributed by atoms with Crippen LogP contribution in [0.2, 0.25) is 0 Å². The largest absolute Gasteiger partial charge is 0.389 e. The second kappa shape index (κ2) is 5.51. The van der Waals surface area contributed by atoms with Gasteiger partial charge in [0.15, 0.2) is 4.34 Å². The van der Waals surface area contributed by atoms with Gasteiger partial charge in [0.05, 0.1) is 0 Å². The fraction of sp³-hybridized carbons (Fsp3) is 0.333. The molecule has 0 aliphatic carbocycles. The van der Waals surface area contributed by atoms with Crippen LogP contribution in [0.3, 0.4) is 0 Å². The minimum Gasteiger partial charge on any atom is -0.389 e. The highest BCUT2D eigenvalue weighted by molar-refractivity contribution is 8.01. The molecule has 2 heterocycles. The standard InChI is InChI=1S/C12H15N3S2/c1-3-8(2)16-12-15-10(11(13)17-12)9-5-4-6-14-7-9/h4-8H,3,13H2,1-2H3. The molecule has 3 nitrogen and oxygen atoms in total. The lowest BCUT2D eigenvalue weighted by atomic mass is 10.2. The van der Waals surface area contributed by atoms with Crippen LogP contribution in [0.15, 0.2) is 28.9 Å². The van der Waals surface area contributed by atoms with Crippen molar-refractivity contribution in [3.05, 3.63) is 24.5 Å². The number of nitrogens with two attached hydrogens (primary N) is 1. The lowest BCUT2D eigenvalue weighted by Crippen LogP contribution is -1.91. The molecule has 0 aliphatic rings. The van der Waals surface area contributed by atoms with Crippen LogP contribution < -0.4 is 5.73 Å². The number of hydrogen-bond acceptors (Lipinski definition) is 5. The van der Waals surface area contributed by atoms with Crippen molar-refractivity contribution in [1.82, 2.24) is 9.97 Å². The van der Waals surface area contributed by atoms with E-state index in [9.17, 15) is 0 Å². The Morgan fingerprint density at radius 3 is 3.00 bits per heavy atom. The van der Waals surface area contributed by atoms with Gasteiger partial charge in [-0.1, -0.05) is 36.9 Å². The number of hydrogen-bond donors (Lipinski definition) is 1. The van der Waals surface area contributed by atoms with E-state index >= 15 is 0 Å². The van der Waals surface area contributed by atoms with Crippen molar-refractivity contribution in [2.45, 2.75) is 29.9 Å². The van der Waals surface area contributed by atoms with E-state index in [0.717, 1.165) is 27.0 Å². The van der Waals surface area contributed by atoms with Crippen molar-refractivity contribution < 1.29 is 0 Å². The number of nitrogen functional groups attached to an aromatic ring is 1. The van der Waals surface area contributed by atoms with Gasteiger partial charge in [0.25, 0.3) is 0 Å². The summed E-state index contributed by atoms with van der Waals surface area (Å²) in [6, 6.07) is 3.88. The van der Waals surface area contributed by atoms with E-state index in [1.807, 2.05) is 12.1 Å². The maximum atomic E-state index is 6.01. The SMILES string of the molecule is CCC(C)Sc1nc(-c2cccnc2)c(N)s1. The number of rotatable bonds is 4. The van der Waals surface area contributed by atoms with Crippen LogP contribution in [0.1, 0.15) is 20.3 Å². The van der Waals surface area contributed by atoms with E-state index in [-0.39, 0.29) is 0 Å². The van der Waals surface area contributed by atoms with Crippen LogP contribution in [0.5, 0.6) is 0 Å². The zero-order chi connectivity index (χ0) is 12.3. The Labute approximate surface area is 109 Å². The van der Waals surface area contributed by atoms with Gasteiger partial charge in [-0.25, -0.2) is 4.98 Å². The molecule has 0 radical (unpaired) electrons. The number of anilines is 1. The van der Waals surface area contributed by atoms with E-state index in [1.165, 1.54) is 0 Å². The molecule has 17 heavy (non-hydrogen) atoms. The molecule has 0 saturated carbocycles. The van der Waals surface area contributed by atoms with Crippen molar-refractivity contribution in [3.8, 4) is 11.3 Å². The van der Waals surface area contributed by atoms with Gasteiger partial charge in [-0.3, -0.25) is 4.98 Å². The molecule has 0 fully saturated rings. The molecule has 2 aromatic heterocycles. The summed E-state index contributed by atoms with van der Waals surface area (Å²) < 4.78 is 1.04. The lowest BCUT2D eigenvalue weighted by Gasteiger charge is -2.03. The minimum atomic E-state index is 0.572. The molecule has 0 aliphatic heterocycles. The average Bonchev–Trinajstić information content (AvgIpc) is 2.71. The number of thiazole rings is 1. The summed E-state index contributed by atoms with van der Waals surface area (Å²) in [6.45, 7) is 4.38. The fourth-order valence-corrected chi connectivity index (χ4v) is 3.52. The van der Waals surface area contributed by atoms with Gasteiger partial charge in [0, 0.05) is 23.2 Å². The molecule has 1 unspecified atom stereocenters. The van der Waals surface area contributed by atoms with Gasteiger partial charge in [-0.15, -0.1) is 0 Å². The van der Waals surface area contributed by atoms with Crippen molar-refractivity contribution in [2.75, 3.05) is 5.73 Å². The monoisotopic (exact) mass is 265 g/mol. The molecular formula is C12H15N3S2. The van der Waals surface area contributed by atoms with Gasteiger partial charge in [-0.05, 0) is 18.6 Å². The Morgan fingerprint density at radius 1 is 1.53 bits per heavy atom. The maximum Gasteiger partial charge on any atom is 0.152 e. The van der Waals surface area contributed by atoms with E-state index < -0.39 is 0 Å². The van der Waals surface area contributed by atoms with E-state index in [2.05, 4.69) is 23.8 Å². The summed E-state index contributed by atoms with van der Waals surface area (Å²) in [5, 5.41) is 1.34. The fourth-order valence-electron chi connectivity index (χ4n) is 1.33. The third-order valence-electron chi connectivity index (χ3n) is 2.45. The zero-order valence-electron chi connectivity index (χ0n) is 9.88. The summed E-state index contributed by atoms with van der Waals surface area (Å²) in [5.74, 6) is 0. The Bertz CT molecular complexity index is 482. The average molecular weight is 265 g/mol. The summed E-state index contributed by atoms with van der Waals surface area (Å²) in [5.41, 5.74) is 7.84. The molecule has 2 aromatic rings. The van der Waals surface area contributed by atoms with Crippen molar-refractivity contribution in [3.63, 3.8) is 0 Å². The van der Waals surface area contributed by atoms with E-state index in [1.54, 1.807) is 35.5 Å². The van der Waals surface area contributed by atoms with Gasteiger partial charge < -0.3 is 5.73 Å². The Kier molecular flexibility index (Phi) is 4.02. The lowest BCUT2D eigenvalue weighted by molar-refractivity contribution is 0.904. The second-order valence-corrected chi connectivity index (χ2v) is 6.49. The molecule has 0 aromatic carbocycles. The van der Waals surface area contributed by atoms with Crippen LogP contribution in [0.25, 0.3) is 11.3 Å². The Balaban J connectivity index is 2.25. The van der Waals surface area contributed by atoms with Gasteiger partial charge in [0.2, 0.25) is 0 Å². The molecule has 1 atom stereocenters. The first-order chi connectivity index (χ1) is 8.20. The maximum absolute atomic E-state index is 6.01. The first-order valence-corrected chi connectivity index (χ1v) is 7.23. The molecule has 5 heteroatoms. The number of aromatic nitrogens is 2. The zero-order valence-corrected chi connectivity index (χ0v) is 11.5. The molecule has 0 spiro atoms. The third kappa shape index (κ3) is 2.98. The number of nitrogens with zero attached hydrogens (tertiary/aromatic N) is 2. The topological polar surface area (TPSA) is 51.8 Å². The minimum absolute atomic E-state index is 0.572. The van der Waals surface area contributed by atoms with E-state index in [4.69, 9.17) is 5.73 Å². The second-order valence-electron chi connectivity index (χ2n) is 3.77. The Morgan fingerprint density at radius 2 is 2.35 bits per heavy atom. The molecule has 0 bridgehead atoms. The van der Waals surface area contributed by atoms with Gasteiger partial charge in [0.1, 0.15) is 10.7 Å². The first kappa shape index (κ1) is 12.4. The summed E-state index contributed by atoms with van der Waals surface area (Å²) in [6.07, 6.45) is 4.68. The Hall–Kier alpha value is -1.07. The number of thioether (sulfide) groups is 1. The predicted octanol–water partition coefficient (Wildman–Crippen LogP) is 3.68.